The van der Waals surface area contributed by atoms with Crippen molar-refractivity contribution in [1.29, 1.82) is 0 Å². The van der Waals surface area contributed by atoms with E-state index in [1.807, 2.05) is 9.82 Å². The number of H-pyrrole nitrogens is 1. The van der Waals surface area contributed by atoms with Gasteiger partial charge in [-0.1, -0.05) is 36.7 Å². The second kappa shape index (κ2) is 8.49. The lowest BCUT2D eigenvalue weighted by molar-refractivity contribution is 0.0997. The molecule has 0 saturated carbocycles. The average molecular weight is 486 g/mol. The number of carbonyl (C=O) groups is 1. The van der Waals surface area contributed by atoms with Gasteiger partial charge in [-0.15, -0.1) is 5.10 Å². The molecule has 2 aromatic carbocycles. The summed E-state index contributed by atoms with van der Waals surface area (Å²) < 4.78 is 73.2. The molecule has 0 fully saturated rings. The van der Waals surface area contributed by atoms with Crippen molar-refractivity contribution in [3.05, 3.63) is 80.9 Å². The van der Waals surface area contributed by atoms with Crippen LogP contribution in [0.4, 0.5) is 4.39 Å². The van der Waals surface area contributed by atoms with Crippen molar-refractivity contribution in [2.45, 2.75) is 36.5 Å². The Morgan fingerprint density at radius 2 is 2.03 bits per heavy atom. The Balaban J connectivity index is 2.36. The highest BCUT2D eigenvalue weighted by molar-refractivity contribution is 7.89. The summed E-state index contributed by atoms with van der Waals surface area (Å²) in [6.45, 7) is -0.140. The Labute approximate surface area is 192 Å². The van der Waals surface area contributed by atoms with E-state index in [0.29, 0.717) is 5.56 Å². The van der Waals surface area contributed by atoms with Crippen LogP contribution in [0.15, 0.2) is 50.5 Å². The van der Waals surface area contributed by atoms with Crippen LogP contribution in [-0.4, -0.2) is 24.5 Å². The third kappa shape index (κ3) is 4.18. The van der Waals surface area contributed by atoms with Crippen LogP contribution in [-0.2, 0) is 15.0 Å². The molecular formula is C20H20ClFN4O5S. The number of hydrogen-bond acceptors (Lipinski definition) is 6. The number of alkyl halides is 1. The first-order valence-electron chi connectivity index (χ1n) is 10.5. The van der Waals surface area contributed by atoms with E-state index in [1.54, 1.807) is 6.92 Å². The largest absolute Gasteiger partial charge is 0.434 e. The fourth-order valence-electron chi connectivity index (χ4n) is 3.12. The van der Waals surface area contributed by atoms with Gasteiger partial charge in [0.25, 0.3) is 5.89 Å². The topological polar surface area (TPSA) is 148 Å². The van der Waals surface area contributed by atoms with Crippen LogP contribution in [0.1, 0.15) is 49.8 Å². The molecule has 1 amide bonds. The maximum absolute atomic E-state index is 15.1. The third-order valence-electron chi connectivity index (χ3n) is 4.89. The standard InChI is InChI=1S/C20H20ClFN4O5S/c1-10-8-9-14(22)16(11(10)2)12(3)20(21,18-24-25-19(28)31-18)26-32(29,30)15-7-5-4-6-13(15)17(23)27/h4-9,12,26H,1-3H3,(H2,23,27)(H,25,28)/t12-,20-/m1/s1/i3D3. The molecule has 9 nitrogen and oxygen atoms in total. The molecule has 32 heavy (non-hydrogen) atoms. The average Bonchev–Trinajstić information content (AvgIpc) is 3.19. The number of amides is 1. The quantitative estimate of drug-likeness (QED) is 0.345. The molecule has 1 aromatic heterocycles. The fraction of sp³-hybridized carbons (Fsp3) is 0.250. The van der Waals surface area contributed by atoms with Gasteiger partial charge in [-0.25, -0.2) is 22.7 Å². The van der Waals surface area contributed by atoms with E-state index in [0.717, 1.165) is 18.2 Å². The molecule has 0 bridgehead atoms. The molecule has 0 aliphatic carbocycles. The number of nitrogens with zero attached hydrogens (tertiary/aromatic N) is 1. The number of rotatable bonds is 7. The van der Waals surface area contributed by atoms with E-state index >= 15 is 4.39 Å². The lowest BCUT2D eigenvalue weighted by Gasteiger charge is -2.32. The number of hydrogen-bond donors (Lipinski definition) is 3. The second-order valence-corrected chi connectivity index (χ2v) is 9.18. The first-order chi connectivity index (χ1) is 16.1. The number of halogens is 2. The van der Waals surface area contributed by atoms with Gasteiger partial charge in [-0.3, -0.25) is 4.79 Å². The lowest BCUT2D eigenvalue weighted by Crippen LogP contribution is -2.46. The predicted molar refractivity (Wildman–Crippen MR) is 114 cm³/mol. The first-order valence-corrected chi connectivity index (χ1v) is 10.9. The van der Waals surface area contributed by atoms with E-state index in [2.05, 4.69) is 5.10 Å². The molecule has 0 aliphatic rings. The van der Waals surface area contributed by atoms with Crippen molar-refractivity contribution in [3.63, 3.8) is 0 Å². The summed E-state index contributed by atoms with van der Waals surface area (Å²) in [6.07, 6.45) is 0. The Hall–Kier alpha value is -3.02. The predicted octanol–water partition coefficient (Wildman–Crippen LogP) is 2.39. The van der Waals surface area contributed by atoms with Crippen molar-refractivity contribution in [3.8, 4) is 0 Å². The van der Waals surface area contributed by atoms with Crippen molar-refractivity contribution in [2.24, 2.45) is 5.73 Å². The number of aromatic nitrogens is 2. The summed E-state index contributed by atoms with van der Waals surface area (Å²) in [5.41, 5.74) is 5.07. The summed E-state index contributed by atoms with van der Waals surface area (Å²) in [5.74, 6) is -6.30. The van der Waals surface area contributed by atoms with E-state index < -0.39 is 67.2 Å². The number of aromatic amines is 1. The third-order valence-corrected chi connectivity index (χ3v) is 7.01. The van der Waals surface area contributed by atoms with E-state index in [1.165, 1.54) is 25.1 Å². The van der Waals surface area contributed by atoms with Crippen LogP contribution in [0, 0.1) is 19.7 Å². The first kappa shape index (κ1) is 19.6. The maximum atomic E-state index is 15.1. The molecule has 2 atom stereocenters. The number of sulfonamides is 1. The molecule has 0 spiro atoms. The molecular weight excluding hydrogens is 463 g/mol. The van der Waals surface area contributed by atoms with Crippen molar-refractivity contribution < 1.29 is 26.1 Å². The Kier molecular flexibility index (Phi) is 5.21. The van der Waals surface area contributed by atoms with Crippen molar-refractivity contribution in [1.82, 2.24) is 14.9 Å². The van der Waals surface area contributed by atoms with Gasteiger partial charge in [-0.2, -0.15) is 4.72 Å². The van der Waals surface area contributed by atoms with E-state index in [9.17, 15) is 18.0 Å². The molecule has 170 valence electrons. The molecule has 12 heteroatoms. The summed E-state index contributed by atoms with van der Waals surface area (Å²) in [4.78, 5) is 20.0. The molecule has 0 unspecified atom stereocenters. The van der Waals surface area contributed by atoms with E-state index in [4.69, 9.17) is 25.9 Å². The monoisotopic (exact) mass is 485 g/mol. The van der Waals surface area contributed by atoms with Gasteiger partial charge >= 0.3 is 5.76 Å². The number of carbonyl (C=O) groups excluding carboxylic acids is 1. The SMILES string of the molecule is [2H]C([2H])([2H])[C@H](c1c(F)ccc(C)c1C)[C@@](Cl)(NS(=O)(=O)c1ccccc1C(N)=O)c1n[nH]c(=O)o1. The van der Waals surface area contributed by atoms with E-state index in [-0.39, 0.29) is 5.56 Å². The van der Waals surface area contributed by atoms with Gasteiger partial charge in [0.2, 0.25) is 15.9 Å². The molecule has 0 saturated heterocycles. The van der Waals surface area contributed by atoms with Crippen LogP contribution in [0.2, 0.25) is 0 Å². The molecule has 3 rings (SSSR count). The summed E-state index contributed by atoms with van der Waals surface area (Å²) in [7, 11) is -4.85. The van der Waals surface area contributed by atoms with Crippen LogP contribution in [0.5, 0.6) is 0 Å². The molecule has 0 aliphatic heterocycles. The summed E-state index contributed by atoms with van der Waals surface area (Å²) >= 11 is 6.68. The van der Waals surface area contributed by atoms with Gasteiger partial charge in [-0.05, 0) is 48.7 Å². The van der Waals surface area contributed by atoms with Crippen LogP contribution < -0.4 is 16.2 Å². The van der Waals surface area contributed by atoms with Gasteiger partial charge in [0.1, 0.15) is 5.82 Å². The second-order valence-electron chi connectivity index (χ2n) is 6.93. The molecule has 1 heterocycles. The zero-order valence-electron chi connectivity index (χ0n) is 19.8. The number of nitrogens with one attached hydrogen (secondary N) is 2. The maximum Gasteiger partial charge on any atom is 0.434 e. The van der Waals surface area contributed by atoms with Gasteiger partial charge in [0, 0.05) is 10.0 Å². The van der Waals surface area contributed by atoms with Gasteiger partial charge < -0.3 is 10.2 Å². The zero-order valence-corrected chi connectivity index (χ0v) is 18.3. The van der Waals surface area contributed by atoms with Crippen molar-refractivity contribution >= 4 is 27.5 Å². The number of benzene rings is 2. The van der Waals surface area contributed by atoms with Crippen molar-refractivity contribution in [2.75, 3.05) is 0 Å². The lowest BCUT2D eigenvalue weighted by atomic mass is 9.87. The highest BCUT2D eigenvalue weighted by Crippen LogP contribution is 2.43. The number of nitrogens with two attached hydrogens (primary N) is 1. The Bertz CT molecular complexity index is 1460. The Morgan fingerprint density at radius 3 is 2.62 bits per heavy atom. The molecule has 0 radical (unpaired) electrons. The van der Waals surface area contributed by atoms with Gasteiger partial charge in [0.05, 0.1) is 10.5 Å². The van der Waals surface area contributed by atoms with Crippen LogP contribution in [0.25, 0.3) is 0 Å². The number of primary amides is 1. The molecule has 4 N–H and O–H groups in total. The Morgan fingerprint density at radius 1 is 1.34 bits per heavy atom. The molecule has 3 aromatic rings. The summed E-state index contributed by atoms with van der Waals surface area (Å²) in [5, 5.41) is 5.42. The van der Waals surface area contributed by atoms with Gasteiger partial charge in [0.15, 0.2) is 5.00 Å². The summed E-state index contributed by atoms with van der Waals surface area (Å²) in [6, 6.07) is 7.22. The zero-order chi connectivity index (χ0) is 26.3. The normalized spacial score (nSPS) is 16.4. The minimum atomic E-state index is -4.85. The van der Waals surface area contributed by atoms with Crippen LogP contribution >= 0.6 is 11.6 Å². The highest BCUT2D eigenvalue weighted by Gasteiger charge is 2.47. The van der Waals surface area contributed by atoms with Crippen LogP contribution in [0.3, 0.4) is 0 Å². The fourth-order valence-corrected chi connectivity index (χ4v) is 5.04. The minimum absolute atomic E-state index is 0.172. The smallest absolute Gasteiger partial charge is 0.389 e. The number of aryl methyl sites for hydroxylation is 1. The minimum Gasteiger partial charge on any atom is -0.389 e. The highest BCUT2D eigenvalue weighted by atomic mass is 35.5.